The molecule has 0 radical (unpaired) electrons. The van der Waals surface area contributed by atoms with Crippen LogP contribution in [0.1, 0.15) is 30.9 Å². The van der Waals surface area contributed by atoms with Gasteiger partial charge in [0.05, 0.1) is 12.6 Å². The minimum atomic E-state index is -0.265. The Bertz CT molecular complexity index is 394. The Hall–Kier alpha value is -1.39. The van der Waals surface area contributed by atoms with Crippen LogP contribution < -0.4 is 5.73 Å². The average Bonchev–Trinajstić information content (AvgIpc) is 2.88. The number of carbonyl (C=O) groups excluding carboxylic acids is 1. The van der Waals surface area contributed by atoms with Gasteiger partial charge in [0, 0.05) is 19.0 Å². The second kappa shape index (κ2) is 5.98. The number of likely N-dealkylation sites (tertiary alicyclic amines) is 1. The van der Waals surface area contributed by atoms with Gasteiger partial charge in [0.25, 0.3) is 0 Å². The van der Waals surface area contributed by atoms with Crippen LogP contribution in [0.4, 0.5) is 0 Å². The van der Waals surface area contributed by atoms with Crippen molar-refractivity contribution in [2.45, 2.75) is 31.3 Å². The highest BCUT2D eigenvalue weighted by Crippen LogP contribution is 2.21. The van der Waals surface area contributed by atoms with E-state index in [1.807, 2.05) is 30.3 Å². The van der Waals surface area contributed by atoms with Gasteiger partial charge in [-0.05, 0) is 18.4 Å². The number of carbonyl (C=O) groups is 1. The zero-order chi connectivity index (χ0) is 13.0. The van der Waals surface area contributed by atoms with Gasteiger partial charge in [-0.1, -0.05) is 30.3 Å². The van der Waals surface area contributed by atoms with E-state index in [-0.39, 0.29) is 24.6 Å². The molecule has 0 spiro atoms. The van der Waals surface area contributed by atoms with Crippen molar-refractivity contribution in [2.75, 3.05) is 13.2 Å². The minimum Gasteiger partial charge on any atom is -0.394 e. The highest BCUT2D eigenvalue weighted by molar-refractivity contribution is 5.77. The van der Waals surface area contributed by atoms with Crippen LogP contribution in [0.2, 0.25) is 0 Å². The maximum atomic E-state index is 12.1. The molecule has 1 fully saturated rings. The lowest BCUT2D eigenvalue weighted by Gasteiger charge is -2.24. The van der Waals surface area contributed by atoms with Crippen molar-refractivity contribution in [3.05, 3.63) is 35.9 Å². The van der Waals surface area contributed by atoms with Crippen molar-refractivity contribution < 1.29 is 9.90 Å². The van der Waals surface area contributed by atoms with E-state index in [2.05, 4.69) is 0 Å². The van der Waals surface area contributed by atoms with Gasteiger partial charge in [-0.3, -0.25) is 4.79 Å². The van der Waals surface area contributed by atoms with Gasteiger partial charge in [-0.15, -0.1) is 0 Å². The van der Waals surface area contributed by atoms with Crippen molar-refractivity contribution in [3.63, 3.8) is 0 Å². The smallest absolute Gasteiger partial charge is 0.224 e. The summed E-state index contributed by atoms with van der Waals surface area (Å²) in [7, 11) is 0. The van der Waals surface area contributed by atoms with E-state index in [1.165, 1.54) is 0 Å². The summed E-state index contributed by atoms with van der Waals surface area (Å²) >= 11 is 0. The first-order chi connectivity index (χ1) is 8.72. The molecular weight excluding hydrogens is 228 g/mol. The van der Waals surface area contributed by atoms with E-state index in [9.17, 15) is 9.90 Å². The summed E-state index contributed by atoms with van der Waals surface area (Å²) in [6.07, 6.45) is 2.17. The lowest BCUT2D eigenvalue weighted by molar-refractivity contribution is -0.133. The van der Waals surface area contributed by atoms with Gasteiger partial charge < -0.3 is 15.7 Å². The van der Waals surface area contributed by atoms with E-state index in [1.54, 1.807) is 4.90 Å². The molecule has 18 heavy (non-hydrogen) atoms. The van der Waals surface area contributed by atoms with Gasteiger partial charge >= 0.3 is 0 Å². The molecule has 1 aromatic carbocycles. The fourth-order valence-electron chi connectivity index (χ4n) is 2.48. The molecule has 98 valence electrons. The summed E-state index contributed by atoms with van der Waals surface area (Å²) in [5.74, 6) is 0.0444. The van der Waals surface area contributed by atoms with Crippen LogP contribution in [-0.4, -0.2) is 35.1 Å². The van der Waals surface area contributed by atoms with E-state index in [0.717, 1.165) is 24.9 Å². The first-order valence-electron chi connectivity index (χ1n) is 6.43. The van der Waals surface area contributed by atoms with Crippen molar-refractivity contribution in [2.24, 2.45) is 5.73 Å². The molecular formula is C14H20N2O2. The normalized spacial score (nSPS) is 21.0. The first kappa shape index (κ1) is 13.1. The molecule has 0 bridgehead atoms. The monoisotopic (exact) mass is 248 g/mol. The molecule has 2 atom stereocenters. The standard InChI is InChI=1S/C14H20N2O2/c15-13(11-5-2-1-3-6-11)9-14(18)16-8-4-7-12(16)10-17/h1-3,5-6,12-13,17H,4,7-10,15H2/t12-,13?/m1/s1. The van der Waals surface area contributed by atoms with E-state index in [0.29, 0.717) is 6.42 Å². The van der Waals surface area contributed by atoms with Gasteiger partial charge in [0.1, 0.15) is 0 Å². The van der Waals surface area contributed by atoms with Gasteiger partial charge in [0.2, 0.25) is 5.91 Å². The number of hydrogen-bond acceptors (Lipinski definition) is 3. The largest absolute Gasteiger partial charge is 0.394 e. The molecule has 0 aromatic heterocycles. The fourth-order valence-corrected chi connectivity index (χ4v) is 2.48. The molecule has 3 N–H and O–H groups in total. The van der Waals surface area contributed by atoms with E-state index < -0.39 is 0 Å². The van der Waals surface area contributed by atoms with Crippen molar-refractivity contribution in [1.29, 1.82) is 0 Å². The Balaban J connectivity index is 1.95. The molecule has 4 nitrogen and oxygen atoms in total. The summed E-state index contributed by atoms with van der Waals surface area (Å²) in [5, 5.41) is 9.21. The van der Waals surface area contributed by atoms with E-state index >= 15 is 0 Å². The Morgan fingerprint density at radius 3 is 2.83 bits per heavy atom. The van der Waals surface area contributed by atoms with Crippen molar-refractivity contribution in [1.82, 2.24) is 4.90 Å². The molecule has 4 heteroatoms. The summed E-state index contributed by atoms with van der Waals surface area (Å²) in [6.45, 7) is 0.790. The van der Waals surface area contributed by atoms with Crippen molar-refractivity contribution in [3.8, 4) is 0 Å². The van der Waals surface area contributed by atoms with Crippen LogP contribution in [0.15, 0.2) is 30.3 Å². The highest BCUT2D eigenvalue weighted by atomic mass is 16.3. The average molecular weight is 248 g/mol. The molecule has 2 rings (SSSR count). The Morgan fingerprint density at radius 2 is 2.17 bits per heavy atom. The molecule has 0 aliphatic carbocycles. The third kappa shape index (κ3) is 2.89. The third-order valence-corrected chi connectivity index (χ3v) is 3.53. The maximum absolute atomic E-state index is 12.1. The number of amides is 1. The molecule has 1 amide bonds. The lowest BCUT2D eigenvalue weighted by atomic mass is 10.0. The number of nitrogens with two attached hydrogens (primary N) is 1. The van der Waals surface area contributed by atoms with Gasteiger partial charge in [-0.25, -0.2) is 0 Å². The number of aliphatic hydroxyl groups is 1. The first-order valence-corrected chi connectivity index (χ1v) is 6.43. The SMILES string of the molecule is NC(CC(=O)N1CCC[C@@H]1CO)c1ccccc1. The fraction of sp³-hybridized carbons (Fsp3) is 0.500. The van der Waals surface area contributed by atoms with Gasteiger partial charge in [0.15, 0.2) is 0 Å². The number of hydrogen-bond donors (Lipinski definition) is 2. The van der Waals surface area contributed by atoms with Crippen LogP contribution in [0, 0.1) is 0 Å². The molecule has 1 aliphatic heterocycles. The van der Waals surface area contributed by atoms with Gasteiger partial charge in [-0.2, -0.15) is 0 Å². The zero-order valence-electron chi connectivity index (χ0n) is 10.5. The second-order valence-corrected chi connectivity index (χ2v) is 4.79. The quantitative estimate of drug-likeness (QED) is 0.837. The Labute approximate surface area is 107 Å². The maximum Gasteiger partial charge on any atom is 0.224 e. The summed E-state index contributed by atoms with van der Waals surface area (Å²) in [4.78, 5) is 13.9. The zero-order valence-corrected chi connectivity index (χ0v) is 10.5. The third-order valence-electron chi connectivity index (χ3n) is 3.53. The lowest BCUT2D eigenvalue weighted by Crippen LogP contribution is -2.39. The number of rotatable bonds is 4. The number of benzene rings is 1. The Morgan fingerprint density at radius 1 is 1.44 bits per heavy atom. The minimum absolute atomic E-state index is 0.0135. The van der Waals surface area contributed by atoms with Crippen LogP contribution in [-0.2, 0) is 4.79 Å². The van der Waals surface area contributed by atoms with E-state index in [4.69, 9.17) is 5.73 Å². The predicted molar refractivity (Wildman–Crippen MR) is 69.8 cm³/mol. The summed E-state index contributed by atoms with van der Waals surface area (Å²) < 4.78 is 0. The van der Waals surface area contributed by atoms with Crippen molar-refractivity contribution >= 4 is 5.91 Å². The topological polar surface area (TPSA) is 66.6 Å². The highest BCUT2D eigenvalue weighted by Gasteiger charge is 2.28. The molecule has 1 saturated heterocycles. The molecule has 1 heterocycles. The molecule has 1 aliphatic rings. The number of nitrogens with zero attached hydrogens (tertiary/aromatic N) is 1. The van der Waals surface area contributed by atoms with Crippen LogP contribution in [0.25, 0.3) is 0 Å². The van der Waals surface area contributed by atoms with Crippen LogP contribution in [0.3, 0.4) is 0 Å². The number of aliphatic hydroxyl groups excluding tert-OH is 1. The molecule has 1 unspecified atom stereocenters. The summed E-state index contributed by atoms with van der Waals surface area (Å²) in [6, 6.07) is 9.37. The molecule has 1 aromatic rings. The van der Waals surface area contributed by atoms with Crippen LogP contribution >= 0.6 is 0 Å². The molecule has 0 saturated carbocycles. The Kier molecular flexibility index (Phi) is 4.33. The van der Waals surface area contributed by atoms with Crippen LogP contribution in [0.5, 0.6) is 0 Å². The summed E-state index contributed by atoms with van der Waals surface area (Å²) in [5.41, 5.74) is 7.02. The predicted octanol–water partition coefficient (Wildman–Crippen LogP) is 1.06. The second-order valence-electron chi connectivity index (χ2n) is 4.79.